The number of halogens is 1. The first kappa shape index (κ1) is 17.4. The van der Waals surface area contributed by atoms with E-state index in [1.54, 1.807) is 0 Å². The summed E-state index contributed by atoms with van der Waals surface area (Å²) in [6, 6.07) is 9.47. The van der Waals surface area contributed by atoms with Crippen molar-refractivity contribution >= 4 is 28.9 Å². The number of carbonyl (C=O) groups is 1. The zero-order chi connectivity index (χ0) is 17.1. The number of hydrogen-bond acceptors (Lipinski definition) is 2. The summed E-state index contributed by atoms with van der Waals surface area (Å²) in [4.78, 5) is 12.5. The molecule has 0 aliphatic carbocycles. The maximum Gasteiger partial charge on any atom is 0.246 e. The molecule has 0 spiro atoms. The van der Waals surface area contributed by atoms with Gasteiger partial charge in [-0.1, -0.05) is 35.4 Å². The molecule has 23 heavy (non-hydrogen) atoms. The van der Waals surface area contributed by atoms with E-state index < -0.39 is 0 Å². The van der Waals surface area contributed by atoms with Crippen LogP contribution < -0.4 is 10.6 Å². The van der Waals surface area contributed by atoms with Gasteiger partial charge in [-0.25, -0.2) is 0 Å². The van der Waals surface area contributed by atoms with Crippen LogP contribution in [0.2, 0.25) is 5.02 Å². The molecule has 0 aliphatic heterocycles. The van der Waals surface area contributed by atoms with Crippen LogP contribution in [0.5, 0.6) is 0 Å². The van der Waals surface area contributed by atoms with E-state index in [2.05, 4.69) is 29.7 Å². The summed E-state index contributed by atoms with van der Waals surface area (Å²) >= 11 is 6.12. The van der Waals surface area contributed by atoms with Crippen LogP contribution in [-0.4, -0.2) is 11.9 Å². The summed E-state index contributed by atoms with van der Waals surface area (Å²) in [7, 11) is 0. The van der Waals surface area contributed by atoms with Crippen LogP contribution in [-0.2, 0) is 4.79 Å². The number of anilines is 2. The highest BCUT2D eigenvalue weighted by Crippen LogP contribution is 2.23. The molecule has 0 saturated carbocycles. The molecule has 1 atom stereocenters. The van der Waals surface area contributed by atoms with Crippen LogP contribution in [0.4, 0.5) is 11.4 Å². The molecule has 0 bridgehead atoms. The Labute approximate surface area is 143 Å². The molecule has 0 unspecified atom stereocenters. The van der Waals surface area contributed by atoms with Gasteiger partial charge in [0.1, 0.15) is 6.04 Å². The van der Waals surface area contributed by atoms with Gasteiger partial charge < -0.3 is 10.6 Å². The van der Waals surface area contributed by atoms with Crippen LogP contribution in [0, 0.1) is 27.7 Å². The van der Waals surface area contributed by atoms with E-state index in [0.717, 1.165) is 28.1 Å². The Kier molecular flexibility index (Phi) is 5.32. The maximum atomic E-state index is 12.5. The second kappa shape index (κ2) is 7.05. The van der Waals surface area contributed by atoms with Crippen molar-refractivity contribution in [1.82, 2.24) is 0 Å². The first-order chi connectivity index (χ1) is 10.8. The Balaban J connectivity index is 2.10. The van der Waals surface area contributed by atoms with Gasteiger partial charge in [-0.3, -0.25) is 4.79 Å². The fourth-order valence-corrected chi connectivity index (χ4v) is 2.79. The fraction of sp³-hybridized carbons (Fsp3) is 0.316. The number of amides is 1. The van der Waals surface area contributed by atoms with Crippen molar-refractivity contribution in [1.29, 1.82) is 0 Å². The van der Waals surface area contributed by atoms with E-state index in [9.17, 15) is 4.79 Å². The minimum atomic E-state index is -0.367. The Morgan fingerprint density at radius 3 is 2.17 bits per heavy atom. The van der Waals surface area contributed by atoms with Crippen LogP contribution in [0.1, 0.15) is 29.2 Å². The summed E-state index contributed by atoms with van der Waals surface area (Å²) in [6.07, 6.45) is 0. The van der Waals surface area contributed by atoms with Gasteiger partial charge in [-0.15, -0.1) is 0 Å². The summed E-state index contributed by atoms with van der Waals surface area (Å²) in [5, 5.41) is 6.89. The highest BCUT2D eigenvalue weighted by molar-refractivity contribution is 6.31. The van der Waals surface area contributed by atoms with Crippen LogP contribution in [0.15, 0.2) is 30.3 Å². The molecule has 2 N–H and O–H groups in total. The number of nitrogens with one attached hydrogen (secondary N) is 2. The standard InChI is InChI=1S/C19H23ClN2O/c1-11-8-13(3)18(14(4)9-11)22-19(23)15(5)21-16-7-6-12(2)17(20)10-16/h6-10,15,21H,1-5H3,(H,22,23)/t15-/m1/s1. The molecule has 2 aromatic carbocycles. The van der Waals surface area contributed by atoms with Crippen molar-refractivity contribution in [2.75, 3.05) is 10.6 Å². The number of carbonyl (C=O) groups excluding carboxylic acids is 1. The molecule has 0 aliphatic rings. The quantitative estimate of drug-likeness (QED) is 0.827. The largest absolute Gasteiger partial charge is 0.374 e. The number of hydrogen-bond donors (Lipinski definition) is 2. The van der Waals surface area contributed by atoms with E-state index in [4.69, 9.17) is 11.6 Å². The Morgan fingerprint density at radius 1 is 1.00 bits per heavy atom. The predicted molar refractivity (Wildman–Crippen MR) is 98.6 cm³/mol. The van der Waals surface area contributed by atoms with Crippen molar-refractivity contribution in [2.24, 2.45) is 0 Å². The lowest BCUT2D eigenvalue weighted by atomic mass is 10.0. The normalized spacial score (nSPS) is 11.9. The van der Waals surface area contributed by atoms with E-state index in [1.807, 2.05) is 45.9 Å². The van der Waals surface area contributed by atoms with Gasteiger partial charge in [-0.2, -0.15) is 0 Å². The summed E-state index contributed by atoms with van der Waals surface area (Å²) in [6.45, 7) is 9.85. The SMILES string of the molecule is Cc1cc(C)c(NC(=O)[C@@H](C)Nc2ccc(C)c(Cl)c2)c(C)c1. The van der Waals surface area contributed by atoms with Crippen LogP contribution >= 0.6 is 11.6 Å². The van der Waals surface area contributed by atoms with Gasteiger partial charge in [0.05, 0.1) is 0 Å². The monoisotopic (exact) mass is 330 g/mol. The molecule has 0 saturated heterocycles. The average Bonchev–Trinajstić information content (AvgIpc) is 2.46. The van der Waals surface area contributed by atoms with Crippen molar-refractivity contribution in [2.45, 2.75) is 40.7 Å². The van der Waals surface area contributed by atoms with E-state index in [0.29, 0.717) is 5.02 Å². The van der Waals surface area contributed by atoms with Crippen molar-refractivity contribution in [3.8, 4) is 0 Å². The number of aryl methyl sites for hydroxylation is 4. The van der Waals surface area contributed by atoms with Gasteiger partial charge in [0.2, 0.25) is 5.91 Å². The topological polar surface area (TPSA) is 41.1 Å². The Morgan fingerprint density at radius 2 is 1.61 bits per heavy atom. The van der Waals surface area contributed by atoms with E-state index >= 15 is 0 Å². The van der Waals surface area contributed by atoms with Crippen LogP contribution in [0.3, 0.4) is 0 Å². The molecule has 3 nitrogen and oxygen atoms in total. The Hall–Kier alpha value is -2.00. The van der Waals surface area contributed by atoms with Gasteiger partial charge >= 0.3 is 0 Å². The van der Waals surface area contributed by atoms with Crippen molar-refractivity contribution in [3.63, 3.8) is 0 Å². The van der Waals surface area contributed by atoms with Gasteiger partial charge in [-0.05, 0) is 63.4 Å². The lowest BCUT2D eigenvalue weighted by Gasteiger charge is -2.18. The number of rotatable bonds is 4. The molecule has 4 heteroatoms. The van der Waals surface area contributed by atoms with E-state index in [-0.39, 0.29) is 11.9 Å². The lowest BCUT2D eigenvalue weighted by molar-refractivity contribution is -0.116. The van der Waals surface area contributed by atoms with Gasteiger partial charge in [0.25, 0.3) is 0 Å². The van der Waals surface area contributed by atoms with Crippen LogP contribution in [0.25, 0.3) is 0 Å². The fourth-order valence-electron chi connectivity index (χ4n) is 2.61. The highest BCUT2D eigenvalue weighted by atomic mass is 35.5. The summed E-state index contributed by atoms with van der Waals surface area (Å²) < 4.78 is 0. The Bertz CT molecular complexity index is 717. The zero-order valence-corrected chi connectivity index (χ0v) is 15.0. The molecular formula is C19H23ClN2O. The minimum Gasteiger partial charge on any atom is -0.374 e. The molecule has 0 radical (unpaired) electrons. The first-order valence-corrected chi connectivity index (χ1v) is 8.07. The van der Waals surface area contributed by atoms with Gasteiger partial charge in [0.15, 0.2) is 0 Å². The van der Waals surface area contributed by atoms with Crippen molar-refractivity contribution < 1.29 is 4.79 Å². The third-order valence-corrected chi connectivity index (χ3v) is 4.28. The maximum absolute atomic E-state index is 12.5. The molecule has 122 valence electrons. The zero-order valence-electron chi connectivity index (χ0n) is 14.3. The molecule has 0 aromatic heterocycles. The summed E-state index contributed by atoms with van der Waals surface area (Å²) in [5.41, 5.74) is 6.07. The van der Waals surface area contributed by atoms with E-state index in [1.165, 1.54) is 5.56 Å². The summed E-state index contributed by atoms with van der Waals surface area (Å²) in [5.74, 6) is -0.0725. The third-order valence-electron chi connectivity index (χ3n) is 3.87. The molecule has 0 fully saturated rings. The molecule has 0 heterocycles. The first-order valence-electron chi connectivity index (χ1n) is 7.69. The number of benzene rings is 2. The lowest BCUT2D eigenvalue weighted by Crippen LogP contribution is -2.32. The molecule has 2 aromatic rings. The minimum absolute atomic E-state index is 0.0725. The second-order valence-electron chi connectivity index (χ2n) is 6.09. The smallest absolute Gasteiger partial charge is 0.246 e. The highest BCUT2D eigenvalue weighted by Gasteiger charge is 2.15. The predicted octanol–water partition coefficient (Wildman–Crippen LogP) is 5.01. The van der Waals surface area contributed by atoms with Gasteiger partial charge in [0, 0.05) is 16.4 Å². The molecular weight excluding hydrogens is 308 g/mol. The third kappa shape index (κ3) is 4.26. The average molecular weight is 331 g/mol. The molecule has 1 amide bonds. The second-order valence-corrected chi connectivity index (χ2v) is 6.50. The molecule has 2 rings (SSSR count). The van der Waals surface area contributed by atoms with Crippen molar-refractivity contribution in [3.05, 3.63) is 57.6 Å².